The van der Waals surface area contributed by atoms with Gasteiger partial charge in [0.05, 0.1) is 5.60 Å². The molecular weight excluding hydrogens is 176 g/mol. The lowest BCUT2D eigenvalue weighted by molar-refractivity contribution is 0.0786. The predicted octanol–water partition coefficient (Wildman–Crippen LogP) is 2.97. The monoisotopic (exact) mass is 190 g/mol. The number of furan rings is 1. The van der Waals surface area contributed by atoms with Gasteiger partial charge in [0.2, 0.25) is 0 Å². The number of benzene rings is 1. The van der Waals surface area contributed by atoms with Crippen LogP contribution in [0.25, 0.3) is 11.0 Å². The summed E-state index contributed by atoms with van der Waals surface area (Å²) in [6.07, 6.45) is 0. The fraction of sp³-hybridized carbons (Fsp3) is 0.333. The Labute approximate surface area is 83.2 Å². The van der Waals surface area contributed by atoms with Gasteiger partial charge in [0.15, 0.2) is 0 Å². The van der Waals surface area contributed by atoms with E-state index in [9.17, 15) is 5.11 Å². The second kappa shape index (κ2) is 2.85. The smallest absolute Gasteiger partial charge is 0.134 e. The summed E-state index contributed by atoms with van der Waals surface area (Å²) in [6, 6.07) is 7.78. The van der Waals surface area contributed by atoms with E-state index >= 15 is 0 Å². The van der Waals surface area contributed by atoms with Gasteiger partial charge in [0, 0.05) is 5.39 Å². The summed E-state index contributed by atoms with van der Waals surface area (Å²) < 4.78 is 5.49. The molecule has 0 atom stereocenters. The number of fused-ring (bicyclic) bond motifs is 1. The van der Waals surface area contributed by atoms with Gasteiger partial charge in [0.25, 0.3) is 0 Å². The molecule has 0 spiro atoms. The van der Waals surface area contributed by atoms with Crippen LogP contribution in [0.15, 0.2) is 28.7 Å². The fourth-order valence-electron chi connectivity index (χ4n) is 1.54. The third kappa shape index (κ3) is 1.53. The average molecular weight is 190 g/mol. The van der Waals surface area contributed by atoms with Crippen LogP contribution in [-0.2, 0) is 5.60 Å². The maximum atomic E-state index is 9.81. The van der Waals surface area contributed by atoms with Crippen molar-refractivity contribution >= 4 is 11.0 Å². The molecule has 0 fully saturated rings. The first-order valence-electron chi connectivity index (χ1n) is 4.70. The van der Waals surface area contributed by atoms with Crippen LogP contribution in [0.3, 0.4) is 0 Å². The highest BCUT2D eigenvalue weighted by atomic mass is 16.3. The minimum absolute atomic E-state index is 0.811. The molecule has 0 unspecified atom stereocenters. The quantitative estimate of drug-likeness (QED) is 0.750. The minimum Gasteiger partial charge on any atom is -0.461 e. The molecule has 1 aromatic carbocycles. The van der Waals surface area contributed by atoms with Crippen LogP contribution in [0.5, 0.6) is 0 Å². The molecule has 1 N–H and O–H groups in total. The van der Waals surface area contributed by atoms with Crippen molar-refractivity contribution in [2.75, 3.05) is 0 Å². The van der Waals surface area contributed by atoms with E-state index in [4.69, 9.17) is 4.42 Å². The Hall–Kier alpha value is -1.28. The molecule has 2 aromatic rings. The summed E-state index contributed by atoms with van der Waals surface area (Å²) in [5, 5.41) is 10.9. The summed E-state index contributed by atoms with van der Waals surface area (Å²) in [5.41, 5.74) is 0.899. The first-order chi connectivity index (χ1) is 6.47. The lowest BCUT2D eigenvalue weighted by Crippen LogP contribution is -2.14. The Balaban J connectivity index is 2.62. The van der Waals surface area contributed by atoms with Gasteiger partial charge in [-0.3, -0.25) is 0 Å². The number of aryl methyl sites for hydroxylation is 1. The molecular formula is C12H14O2. The molecule has 1 aromatic heterocycles. The Morgan fingerprint density at radius 2 is 1.93 bits per heavy atom. The normalized spacial score (nSPS) is 12.3. The molecule has 2 rings (SSSR count). The molecule has 74 valence electrons. The molecule has 1 heterocycles. The van der Waals surface area contributed by atoms with Crippen molar-refractivity contribution in [3.63, 3.8) is 0 Å². The van der Waals surface area contributed by atoms with Crippen LogP contribution >= 0.6 is 0 Å². The first-order valence-corrected chi connectivity index (χ1v) is 4.70. The summed E-state index contributed by atoms with van der Waals surface area (Å²) in [4.78, 5) is 0. The van der Waals surface area contributed by atoms with Crippen molar-refractivity contribution in [2.45, 2.75) is 26.4 Å². The van der Waals surface area contributed by atoms with Gasteiger partial charge in [0.1, 0.15) is 11.3 Å². The van der Waals surface area contributed by atoms with Crippen LogP contribution in [0, 0.1) is 6.92 Å². The topological polar surface area (TPSA) is 33.4 Å². The molecule has 0 saturated heterocycles. The Morgan fingerprint density at radius 1 is 1.21 bits per heavy atom. The lowest BCUT2D eigenvalue weighted by atomic mass is 9.98. The van der Waals surface area contributed by atoms with Crippen LogP contribution in [0.1, 0.15) is 25.2 Å². The van der Waals surface area contributed by atoms with Gasteiger partial charge in [-0.25, -0.2) is 0 Å². The molecule has 0 bridgehead atoms. The Kier molecular flexibility index (Phi) is 1.89. The zero-order valence-electron chi connectivity index (χ0n) is 8.66. The Morgan fingerprint density at radius 3 is 2.57 bits per heavy atom. The van der Waals surface area contributed by atoms with Gasteiger partial charge in [-0.15, -0.1) is 0 Å². The largest absolute Gasteiger partial charge is 0.461 e. The standard InChI is InChI=1S/C12H14O2/c1-8-6-9-4-5-10(12(2,3)13)7-11(9)14-8/h4-7,13H,1-3H3. The van der Waals surface area contributed by atoms with E-state index in [1.165, 1.54) is 0 Å². The predicted molar refractivity (Wildman–Crippen MR) is 56.2 cm³/mol. The van der Waals surface area contributed by atoms with Crippen LogP contribution in [0.2, 0.25) is 0 Å². The number of hydrogen-bond acceptors (Lipinski definition) is 2. The van der Waals surface area contributed by atoms with Crippen molar-refractivity contribution in [2.24, 2.45) is 0 Å². The van der Waals surface area contributed by atoms with Crippen LogP contribution in [-0.4, -0.2) is 5.11 Å². The second-order valence-electron chi connectivity index (χ2n) is 4.17. The van der Waals surface area contributed by atoms with Crippen LogP contribution < -0.4 is 0 Å². The van der Waals surface area contributed by atoms with Gasteiger partial charge < -0.3 is 9.52 Å². The second-order valence-corrected chi connectivity index (χ2v) is 4.17. The molecule has 14 heavy (non-hydrogen) atoms. The van der Waals surface area contributed by atoms with Crippen molar-refractivity contribution in [1.29, 1.82) is 0 Å². The van der Waals surface area contributed by atoms with Gasteiger partial charge in [-0.05, 0) is 38.5 Å². The fourth-order valence-corrected chi connectivity index (χ4v) is 1.54. The third-order valence-corrected chi connectivity index (χ3v) is 2.35. The first kappa shape index (κ1) is 9.28. The van der Waals surface area contributed by atoms with Crippen molar-refractivity contribution in [3.05, 3.63) is 35.6 Å². The van der Waals surface area contributed by atoms with Crippen molar-refractivity contribution in [1.82, 2.24) is 0 Å². The summed E-state index contributed by atoms with van der Waals surface area (Å²) in [6.45, 7) is 5.46. The van der Waals surface area contributed by atoms with E-state index in [1.54, 1.807) is 13.8 Å². The van der Waals surface area contributed by atoms with Crippen LogP contribution in [0.4, 0.5) is 0 Å². The van der Waals surface area contributed by atoms with Crippen molar-refractivity contribution < 1.29 is 9.52 Å². The van der Waals surface area contributed by atoms with Gasteiger partial charge in [-0.2, -0.15) is 0 Å². The number of hydrogen-bond donors (Lipinski definition) is 1. The highest BCUT2D eigenvalue weighted by molar-refractivity contribution is 5.78. The number of rotatable bonds is 1. The van der Waals surface area contributed by atoms with E-state index < -0.39 is 5.60 Å². The summed E-state index contributed by atoms with van der Waals surface area (Å²) >= 11 is 0. The molecule has 0 aliphatic rings. The van der Waals surface area contributed by atoms with E-state index in [-0.39, 0.29) is 0 Å². The summed E-state index contributed by atoms with van der Waals surface area (Å²) in [7, 11) is 0. The van der Waals surface area contributed by atoms with Gasteiger partial charge in [-0.1, -0.05) is 12.1 Å². The lowest BCUT2D eigenvalue weighted by Gasteiger charge is -2.17. The molecule has 0 saturated carbocycles. The molecule has 2 heteroatoms. The zero-order valence-corrected chi connectivity index (χ0v) is 8.66. The number of aliphatic hydroxyl groups is 1. The zero-order chi connectivity index (χ0) is 10.3. The van der Waals surface area contributed by atoms with E-state index in [2.05, 4.69) is 0 Å². The van der Waals surface area contributed by atoms with E-state index in [0.29, 0.717) is 0 Å². The highest BCUT2D eigenvalue weighted by Gasteiger charge is 2.16. The molecule has 0 amide bonds. The van der Waals surface area contributed by atoms with E-state index in [0.717, 1.165) is 22.3 Å². The van der Waals surface area contributed by atoms with E-state index in [1.807, 2.05) is 31.2 Å². The minimum atomic E-state index is -0.811. The SMILES string of the molecule is Cc1cc2ccc(C(C)(C)O)cc2o1. The van der Waals surface area contributed by atoms with Crippen molar-refractivity contribution in [3.8, 4) is 0 Å². The maximum Gasteiger partial charge on any atom is 0.134 e. The third-order valence-electron chi connectivity index (χ3n) is 2.35. The molecule has 2 nitrogen and oxygen atoms in total. The Bertz CT molecular complexity index is 461. The molecule has 0 aliphatic heterocycles. The molecule has 0 radical (unpaired) electrons. The highest BCUT2D eigenvalue weighted by Crippen LogP contribution is 2.26. The molecule has 0 aliphatic carbocycles. The average Bonchev–Trinajstić information content (AvgIpc) is 2.41. The van der Waals surface area contributed by atoms with Gasteiger partial charge >= 0.3 is 0 Å². The maximum absolute atomic E-state index is 9.81. The summed E-state index contributed by atoms with van der Waals surface area (Å²) in [5.74, 6) is 0.896.